The molecule has 2 aromatic heterocycles. The highest BCUT2D eigenvalue weighted by Gasteiger charge is 2.26. The number of hydrogen-bond acceptors (Lipinski definition) is 7. The third-order valence-electron chi connectivity index (χ3n) is 4.83. The van der Waals surface area contributed by atoms with Crippen LogP contribution in [0, 0.1) is 0 Å². The van der Waals surface area contributed by atoms with Crippen LogP contribution in [0.4, 0.5) is 0 Å². The minimum Gasteiger partial charge on any atom is -0.352 e. The fourth-order valence-electron chi connectivity index (χ4n) is 3.10. The largest absolute Gasteiger partial charge is 0.352 e. The van der Waals surface area contributed by atoms with Crippen LogP contribution < -0.4 is 5.32 Å². The maximum Gasteiger partial charge on any atom is 0.234 e. The Morgan fingerprint density at radius 3 is 2.78 bits per heavy atom. The molecule has 2 amide bonds. The van der Waals surface area contributed by atoms with Gasteiger partial charge >= 0.3 is 0 Å². The zero-order valence-electron chi connectivity index (χ0n) is 15.1. The molecule has 2 fully saturated rings. The van der Waals surface area contributed by atoms with Crippen molar-refractivity contribution in [3.8, 4) is 11.4 Å². The second-order valence-electron chi connectivity index (χ2n) is 7.02. The zero-order chi connectivity index (χ0) is 18.6. The van der Waals surface area contributed by atoms with Gasteiger partial charge in [-0.25, -0.2) is 0 Å². The van der Waals surface area contributed by atoms with Crippen LogP contribution in [0.15, 0.2) is 21.3 Å². The van der Waals surface area contributed by atoms with E-state index in [9.17, 15) is 9.59 Å². The molecule has 4 rings (SSSR count). The molecule has 1 N–H and O–H groups in total. The fourth-order valence-corrected chi connectivity index (χ4v) is 3.73. The number of hydrogen-bond donors (Lipinski definition) is 1. The summed E-state index contributed by atoms with van der Waals surface area (Å²) in [4.78, 5) is 32.6. The lowest BCUT2D eigenvalue weighted by molar-refractivity contribution is -0.133. The summed E-state index contributed by atoms with van der Waals surface area (Å²) < 4.78 is 5.24. The van der Waals surface area contributed by atoms with E-state index in [0.717, 1.165) is 31.5 Å². The Hall–Kier alpha value is -2.26. The standard InChI is InChI=1S/C18H23N5O3S/c24-15(19-14-1-2-14)11-22-6-8-23(9-7-22)17(25)4-3-16-20-18(21-26-16)13-5-10-27-12-13/h5,10,12,14H,1-4,6-9,11H2,(H,19,24). The smallest absolute Gasteiger partial charge is 0.234 e. The number of rotatable bonds is 7. The zero-order valence-corrected chi connectivity index (χ0v) is 15.9. The Morgan fingerprint density at radius 1 is 1.26 bits per heavy atom. The van der Waals surface area contributed by atoms with Crippen molar-refractivity contribution in [2.24, 2.45) is 0 Å². The molecular formula is C18H23N5O3S. The molecule has 3 heterocycles. The number of aromatic nitrogens is 2. The molecule has 0 aromatic carbocycles. The third-order valence-corrected chi connectivity index (χ3v) is 5.52. The van der Waals surface area contributed by atoms with Crippen LogP contribution in [0.5, 0.6) is 0 Å². The van der Waals surface area contributed by atoms with Crippen LogP contribution in [-0.4, -0.2) is 70.5 Å². The second kappa shape index (κ2) is 8.18. The van der Waals surface area contributed by atoms with E-state index in [1.807, 2.05) is 21.7 Å². The molecule has 2 aliphatic rings. The van der Waals surface area contributed by atoms with Gasteiger partial charge < -0.3 is 14.7 Å². The van der Waals surface area contributed by atoms with Crippen molar-refractivity contribution < 1.29 is 14.1 Å². The van der Waals surface area contributed by atoms with Crippen molar-refractivity contribution in [2.45, 2.75) is 31.7 Å². The minimum absolute atomic E-state index is 0.0902. The molecule has 1 saturated carbocycles. The summed E-state index contributed by atoms with van der Waals surface area (Å²) in [6.45, 7) is 3.18. The van der Waals surface area contributed by atoms with E-state index in [1.165, 1.54) is 0 Å². The summed E-state index contributed by atoms with van der Waals surface area (Å²) in [5, 5.41) is 10.9. The highest BCUT2D eigenvalue weighted by molar-refractivity contribution is 7.08. The number of amides is 2. The monoisotopic (exact) mass is 389 g/mol. The SMILES string of the molecule is O=C(CN1CCN(C(=O)CCc2nc(-c3ccsc3)no2)CC1)NC1CC1. The molecular weight excluding hydrogens is 366 g/mol. The predicted octanol–water partition coefficient (Wildman–Crippen LogP) is 1.15. The average molecular weight is 389 g/mol. The summed E-state index contributed by atoms with van der Waals surface area (Å²) in [6.07, 6.45) is 3.00. The number of aryl methyl sites for hydroxylation is 1. The summed E-state index contributed by atoms with van der Waals surface area (Å²) in [5.74, 6) is 1.24. The van der Waals surface area contributed by atoms with E-state index in [1.54, 1.807) is 11.3 Å². The van der Waals surface area contributed by atoms with Crippen molar-refractivity contribution in [2.75, 3.05) is 32.7 Å². The Labute approximate surface area is 161 Å². The molecule has 0 unspecified atom stereocenters. The third kappa shape index (κ3) is 4.92. The van der Waals surface area contributed by atoms with Crippen LogP contribution in [-0.2, 0) is 16.0 Å². The Morgan fingerprint density at radius 2 is 2.07 bits per heavy atom. The normalized spacial score (nSPS) is 17.9. The number of carbonyl (C=O) groups excluding carboxylic acids is 2. The van der Waals surface area contributed by atoms with Crippen LogP contribution in [0.3, 0.4) is 0 Å². The van der Waals surface area contributed by atoms with Crippen LogP contribution in [0.1, 0.15) is 25.2 Å². The van der Waals surface area contributed by atoms with Gasteiger partial charge in [-0.2, -0.15) is 16.3 Å². The summed E-state index contributed by atoms with van der Waals surface area (Å²) in [5.41, 5.74) is 0.933. The highest BCUT2D eigenvalue weighted by Crippen LogP contribution is 2.19. The first kappa shape index (κ1) is 18.1. The van der Waals surface area contributed by atoms with E-state index >= 15 is 0 Å². The topological polar surface area (TPSA) is 91.6 Å². The molecule has 9 heteroatoms. The van der Waals surface area contributed by atoms with Gasteiger partial charge in [0.15, 0.2) is 0 Å². The number of nitrogens with zero attached hydrogens (tertiary/aromatic N) is 4. The molecule has 8 nitrogen and oxygen atoms in total. The molecule has 0 bridgehead atoms. The maximum absolute atomic E-state index is 12.4. The van der Waals surface area contributed by atoms with E-state index in [-0.39, 0.29) is 11.8 Å². The first-order valence-corrected chi connectivity index (χ1v) is 10.3. The molecule has 0 atom stereocenters. The van der Waals surface area contributed by atoms with Gasteiger partial charge in [-0.1, -0.05) is 5.16 Å². The van der Waals surface area contributed by atoms with Crippen LogP contribution in [0.25, 0.3) is 11.4 Å². The van der Waals surface area contributed by atoms with Crippen LogP contribution in [0.2, 0.25) is 0 Å². The first-order valence-electron chi connectivity index (χ1n) is 9.32. The van der Waals surface area contributed by atoms with Crippen molar-refractivity contribution >= 4 is 23.2 Å². The van der Waals surface area contributed by atoms with Crippen LogP contribution >= 0.6 is 11.3 Å². The predicted molar refractivity (Wildman–Crippen MR) is 100 cm³/mol. The van der Waals surface area contributed by atoms with Crippen molar-refractivity contribution in [1.82, 2.24) is 25.3 Å². The molecule has 2 aromatic rings. The minimum atomic E-state index is 0.0902. The molecule has 144 valence electrons. The lowest BCUT2D eigenvalue weighted by atomic mass is 10.2. The lowest BCUT2D eigenvalue weighted by Gasteiger charge is -2.34. The number of thiophene rings is 1. The number of nitrogens with one attached hydrogen (secondary N) is 1. The molecule has 0 radical (unpaired) electrons. The van der Waals surface area contributed by atoms with E-state index in [2.05, 4.69) is 20.4 Å². The summed E-state index contributed by atoms with van der Waals surface area (Å²) >= 11 is 1.58. The van der Waals surface area contributed by atoms with Gasteiger partial charge in [0.05, 0.1) is 6.54 Å². The number of carbonyl (C=O) groups is 2. The van der Waals surface area contributed by atoms with Gasteiger partial charge in [-0.3, -0.25) is 14.5 Å². The maximum atomic E-state index is 12.4. The molecule has 0 spiro atoms. The Bertz CT molecular complexity index is 779. The van der Waals surface area contributed by atoms with E-state index in [0.29, 0.717) is 50.2 Å². The van der Waals surface area contributed by atoms with E-state index < -0.39 is 0 Å². The van der Waals surface area contributed by atoms with Gasteiger partial charge in [0.2, 0.25) is 23.5 Å². The van der Waals surface area contributed by atoms with Crippen molar-refractivity contribution in [3.05, 3.63) is 22.7 Å². The van der Waals surface area contributed by atoms with E-state index in [4.69, 9.17) is 4.52 Å². The summed E-state index contributed by atoms with van der Waals surface area (Å²) in [7, 11) is 0. The van der Waals surface area contributed by atoms with Gasteiger partial charge in [-0.15, -0.1) is 0 Å². The fraction of sp³-hybridized carbons (Fsp3) is 0.556. The summed E-state index contributed by atoms with van der Waals surface area (Å²) in [6, 6.07) is 2.33. The van der Waals surface area contributed by atoms with Crippen molar-refractivity contribution in [1.29, 1.82) is 0 Å². The lowest BCUT2D eigenvalue weighted by Crippen LogP contribution is -2.51. The van der Waals surface area contributed by atoms with Crippen molar-refractivity contribution in [3.63, 3.8) is 0 Å². The second-order valence-corrected chi connectivity index (χ2v) is 7.80. The molecule has 27 heavy (non-hydrogen) atoms. The molecule has 1 aliphatic heterocycles. The average Bonchev–Trinajstić information content (AvgIpc) is 3.14. The van der Waals surface area contributed by atoms with Gasteiger partial charge in [0.25, 0.3) is 0 Å². The quantitative estimate of drug-likeness (QED) is 0.764. The first-order chi connectivity index (χ1) is 13.2. The number of piperazine rings is 1. The molecule has 1 aliphatic carbocycles. The Kier molecular flexibility index (Phi) is 5.49. The van der Waals surface area contributed by atoms with Gasteiger partial charge in [-0.05, 0) is 24.3 Å². The molecule has 1 saturated heterocycles. The highest BCUT2D eigenvalue weighted by atomic mass is 32.1. The Balaban J connectivity index is 1.19. The van der Waals surface area contributed by atoms with Gasteiger partial charge in [0.1, 0.15) is 0 Å². The van der Waals surface area contributed by atoms with Gasteiger partial charge in [0, 0.05) is 56.0 Å².